The van der Waals surface area contributed by atoms with Crippen LogP contribution < -0.4 is 16.0 Å². The molecule has 0 amide bonds. The molecule has 128 valence electrons. The summed E-state index contributed by atoms with van der Waals surface area (Å²) in [7, 11) is 1.70. The highest BCUT2D eigenvalue weighted by molar-refractivity contribution is 5.84. The molecule has 6 nitrogen and oxygen atoms in total. The summed E-state index contributed by atoms with van der Waals surface area (Å²) in [5.74, 6) is -0.178. The van der Waals surface area contributed by atoms with Crippen molar-refractivity contribution in [3.63, 3.8) is 0 Å². The number of allylic oxidation sites excluding steroid dienone is 1. The van der Waals surface area contributed by atoms with Crippen LogP contribution in [0, 0.1) is 18.3 Å². The topological polar surface area (TPSA) is 93.9 Å². The van der Waals surface area contributed by atoms with Gasteiger partial charge in [-0.1, -0.05) is 18.2 Å². The Labute approximate surface area is 149 Å². The highest BCUT2D eigenvalue weighted by Gasteiger charge is 2.34. The number of pyridine rings is 2. The van der Waals surface area contributed by atoms with Crippen LogP contribution in [0.25, 0.3) is 10.9 Å². The molecule has 6 heteroatoms. The van der Waals surface area contributed by atoms with Crippen molar-refractivity contribution in [1.82, 2.24) is 9.55 Å². The molecule has 3 aromatic rings. The molecule has 3 heterocycles. The van der Waals surface area contributed by atoms with E-state index in [1.54, 1.807) is 23.9 Å². The molecule has 0 saturated heterocycles. The molecule has 0 aliphatic carbocycles. The first kappa shape index (κ1) is 15.9. The molecule has 0 radical (unpaired) electrons. The number of hydrogen-bond donors (Lipinski definition) is 1. The van der Waals surface area contributed by atoms with Gasteiger partial charge in [-0.3, -0.25) is 9.78 Å². The lowest BCUT2D eigenvalue weighted by atomic mass is 9.82. The Bertz CT molecular complexity index is 1180. The third-order valence-electron chi connectivity index (χ3n) is 4.85. The number of benzene rings is 1. The van der Waals surface area contributed by atoms with Crippen molar-refractivity contribution in [2.24, 2.45) is 12.8 Å². The minimum Gasteiger partial charge on any atom is -0.440 e. The van der Waals surface area contributed by atoms with E-state index in [0.717, 1.165) is 22.2 Å². The van der Waals surface area contributed by atoms with Crippen LogP contribution in [0.2, 0.25) is 0 Å². The molecular formula is C20H16N4O2. The minimum atomic E-state index is -0.601. The van der Waals surface area contributed by atoms with E-state index in [4.69, 9.17) is 10.5 Å². The van der Waals surface area contributed by atoms with Crippen molar-refractivity contribution in [2.45, 2.75) is 12.8 Å². The number of aryl methyl sites for hydroxylation is 1. The Morgan fingerprint density at radius 2 is 2.08 bits per heavy atom. The van der Waals surface area contributed by atoms with Crippen molar-refractivity contribution in [2.75, 3.05) is 0 Å². The lowest BCUT2D eigenvalue weighted by Gasteiger charge is -2.27. The molecule has 0 bridgehead atoms. The van der Waals surface area contributed by atoms with Gasteiger partial charge in [0, 0.05) is 30.4 Å². The highest BCUT2D eigenvalue weighted by Crippen LogP contribution is 2.42. The first-order chi connectivity index (χ1) is 12.5. The van der Waals surface area contributed by atoms with Crippen LogP contribution in [0.5, 0.6) is 5.75 Å². The molecule has 0 saturated carbocycles. The number of hydrogen-bond acceptors (Lipinski definition) is 5. The van der Waals surface area contributed by atoms with Gasteiger partial charge in [0.2, 0.25) is 5.88 Å². The summed E-state index contributed by atoms with van der Waals surface area (Å²) < 4.78 is 7.17. The standard InChI is InChI=1S/C20H16N4O2/c1-11-9-16-18(20(25)24(11)2)17(14(10-21)19(22)26-16)13-7-8-23-15-6-4-3-5-12(13)15/h3-9,17H,22H2,1-2H3. The number of ether oxygens (including phenoxy) is 1. The second kappa shape index (κ2) is 5.74. The van der Waals surface area contributed by atoms with Crippen molar-refractivity contribution in [1.29, 1.82) is 5.26 Å². The van der Waals surface area contributed by atoms with Crippen LogP contribution in [-0.2, 0) is 7.05 Å². The SMILES string of the molecule is Cc1cc2c(c(=O)n1C)C(c1ccnc3ccccc13)C(C#N)=C(N)O2. The molecule has 1 aromatic carbocycles. The summed E-state index contributed by atoms with van der Waals surface area (Å²) >= 11 is 0. The van der Waals surface area contributed by atoms with E-state index in [-0.39, 0.29) is 17.0 Å². The van der Waals surface area contributed by atoms with E-state index < -0.39 is 5.92 Å². The maximum absolute atomic E-state index is 13.0. The summed E-state index contributed by atoms with van der Waals surface area (Å²) in [5.41, 5.74) is 8.82. The van der Waals surface area contributed by atoms with Gasteiger partial charge in [0.05, 0.1) is 17.0 Å². The zero-order valence-corrected chi connectivity index (χ0v) is 14.4. The van der Waals surface area contributed by atoms with Crippen LogP contribution in [0.15, 0.2) is 58.8 Å². The van der Waals surface area contributed by atoms with Gasteiger partial charge >= 0.3 is 0 Å². The lowest BCUT2D eigenvalue weighted by molar-refractivity contribution is 0.389. The fraction of sp³-hybridized carbons (Fsp3) is 0.150. The quantitative estimate of drug-likeness (QED) is 0.732. The predicted octanol–water partition coefficient (Wildman–Crippen LogP) is 2.46. The molecule has 2 N–H and O–H groups in total. The fourth-order valence-corrected chi connectivity index (χ4v) is 3.42. The summed E-state index contributed by atoms with van der Waals surface area (Å²) in [6.45, 7) is 1.82. The van der Waals surface area contributed by atoms with Crippen LogP contribution >= 0.6 is 0 Å². The third kappa shape index (κ3) is 2.18. The molecule has 1 aliphatic rings. The normalized spacial score (nSPS) is 16.1. The second-order valence-corrected chi connectivity index (χ2v) is 6.27. The number of nitrogens with two attached hydrogens (primary N) is 1. The van der Waals surface area contributed by atoms with E-state index >= 15 is 0 Å². The van der Waals surface area contributed by atoms with E-state index in [2.05, 4.69) is 11.1 Å². The van der Waals surface area contributed by atoms with Gasteiger partial charge in [-0.15, -0.1) is 0 Å². The molecule has 4 rings (SSSR count). The number of nitriles is 1. The lowest BCUT2D eigenvalue weighted by Crippen LogP contribution is -2.31. The van der Waals surface area contributed by atoms with E-state index in [1.165, 1.54) is 0 Å². The van der Waals surface area contributed by atoms with Gasteiger partial charge in [0.1, 0.15) is 17.4 Å². The molecule has 1 unspecified atom stereocenters. The smallest absolute Gasteiger partial charge is 0.258 e. The van der Waals surface area contributed by atoms with Crippen LogP contribution in [-0.4, -0.2) is 9.55 Å². The Hall–Kier alpha value is -3.59. The van der Waals surface area contributed by atoms with Crippen LogP contribution in [0.3, 0.4) is 0 Å². The molecular weight excluding hydrogens is 328 g/mol. The van der Waals surface area contributed by atoms with Crippen molar-refractivity contribution in [3.8, 4) is 11.8 Å². The van der Waals surface area contributed by atoms with Gasteiger partial charge in [0.15, 0.2) is 0 Å². The molecule has 26 heavy (non-hydrogen) atoms. The maximum atomic E-state index is 13.0. The number of fused-ring (bicyclic) bond motifs is 2. The van der Waals surface area contributed by atoms with Crippen molar-refractivity contribution in [3.05, 3.63) is 81.2 Å². The summed E-state index contributed by atoms with van der Waals surface area (Å²) in [5, 5.41) is 10.6. The largest absolute Gasteiger partial charge is 0.440 e. The summed E-state index contributed by atoms with van der Waals surface area (Å²) in [6, 6.07) is 13.3. The average Bonchev–Trinajstić information content (AvgIpc) is 2.65. The fourth-order valence-electron chi connectivity index (χ4n) is 3.42. The van der Waals surface area contributed by atoms with Crippen LogP contribution in [0.1, 0.15) is 22.7 Å². The molecule has 0 spiro atoms. The Morgan fingerprint density at radius 1 is 1.31 bits per heavy atom. The third-order valence-corrected chi connectivity index (χ3v) is 4.85. The summed E-state index contributed by atoms with van der Waals surface area (Å²) in [6.07, 6.45) is 1.68. The Balaban J connectivity index is 2.12. The highest BCUT2D eigenvalue weighted by atomic mass is 16.5. The van der Waals surface area contributed by atoms with Gasteiger partial charge < -0.3 is 15.0 Å². The van der Waals surface area contributed by atoms with Gasteiger partial charge in [0.25, 0.3) is 5.56 Å². The van der Waals surface area contributed by atoms with E-state index in [9.17, 15) is 10.1 Å². The molecule has 2 aromatic heterocycles. The van der Waals surface area contributed by atoms with Crippen molar-refractivity contribution >= 4 is 10.9 Å². The number of aromatic nitrogens is 2. The van der Waals surface area contributed by atoms with Gasteiger partial charge in [-0.25, -0.2) is 0 Å². The van der Waals surface area contributed by atoms with Gasteiger partial charge in [-0.2, -0.15) is 5.26 Å². The van der Waals surface area contributed by atoms with Crippen molar-refractivity contribution < 1.29 is 4.74 Å². The first-order valence-electron chi connectivity index (χ1n) is 8.14. The zero-order valence-electron chi connectivity index (χ0n) is 14.4. The van der Waals surface area contributed by atoms with Gasteiger partial charge in [-0.05, 0) is 24.6 Å². The first-order valence-corrected chi connectivity index (χ1v) is 8.14. The predicted molar refractivity (Wildman–Crippen MR) is 97.5 cm³/mol. The number of para-hydroxylation sites is 1. The molecule has 1 atom stereocenters. The van der Waals surface area contributed by atoms with E-state index in [0.29, 0.717) is 11.3 Å². The van der Waals surface area contributed by atoms with E-state index in [1.807, 2.05) is 37.3 Å². The zero-order chi connectivity index (χ0) is 18.4. The number of rotatable bonds is 1. The number of nitrogens with zero attached hydrogens (tertiary/aromatic N) is 3. The van der Waals surface area contributed by atoms with Crippen LogP contribution in [0.4, 0.5) is 0 Å². The molecule has 1 aliphatic heterocycles. The monoisotopic (exact) mass is 344 g/mol. The Morgan fingerprint density at radius 3 is 2.85 bits per heavy atom. The molecule has 0 fully saturated rings. The minimum absolute atomic E-state index is 0.0264. The Kier molecular flexibility index (Phi) is 3.51. The second-order valence-electron chi connectivity index (χ2n) is 6.27. The summed E-state index contributed by atoms with van der Waals surface area (Å²) in [4.78, 5) is 17.4. The maximum Gasteiger partial charge on any atom is 0.258 e. The average molecular weight is 344 g/mol.